The Morgan fingerprint density at radius 3 is 2.04 bits per heavy atom. The molecule has 5 aromatic rings. The quantitative estimate of drug-likeness (QED) is 0.0710. The summed E-state index contributed by atoms with van der Waals surface area (Å²) in [5.74, 6) is -1.67. The Balaban J connectivity index is 1.02. The first-order valence-corrected chi connectivity index (χ1v) is 18.1. The first-order valence-electron chi connectivity index (χ1n) is 15.9. The number of esters is 1. The Bertz CT molecular complexity index is 2130. The number of Topliss-reactive ketones (excluding diaryl/α,β-unsaturated/α-hetero) is 1. The van der Waals surface area contributed by atoms with Crippen molar-refractivity contribution in [3.05, 3.63) is 119 Å². The van der Waals surface area contributed by atoms with E-state index < -0.39 is 12.6 Å². The number of aromatic nitrogens is 1. The Morgan fingerprint density at radius 1 is 0.776 bits per heavy atom. The van der Waals surface area contributed by atoms with E-state index >= 15 is 0 Å². The molecule has 3 fully saturated rings. The minimum atomic E-state index is -0.689. The SMILES string of the molecule is O=C(COC(=O)c1cc(-c2ccc(N3C(=O)C4C5CC(C(Br)C5Br)C4C3=O)cc2)nc2ccc(Cl)cc12)c1ccc(-c2ccccc2)cc1. The molecule has 1 aromatic heterocycles. The van der Waals surface area contributed by atoms with Crippen LogP contribution in [0.2, 0.25) is 5.02 Å². The van der Waals surface area contributed by atoms with Gasteiger partial charge in [0.15, 0.2) is 12.4 Å². The average Bonchev–Trinajstić information content (AvgIpc) is 3.75. The number of ether oxygens (including phenoxy) is 1. The summed E-state index contributed by atoms with van der Waals surface area (Å²) in [5, 5.41) is 0.910. The van der Waals surface area contributed by atoms with Gasteiger partial charge in [0.1, 0.15) is 0 Å². The van der Waals surface area contributed by atoms with E-state index in [1.54, 1.807) is 60.7 Å². The number of alkyl halides is 2. The second kappa shape index (κ2) is 12.6. The zero-order valence-corrected chi connectivity index (χ0v) is 29.7. The third-order valence-electron chi connectivity index (χ3n) is 10.0. The number of hydrogen-bond donors (Lipinski definition) is 0. The van der Waals surface area contributed by atoms with E-state index in [9.17, 15) is 19.2 Å². The summed E-state index contributed by atoms with van der Waals surface area (Å²) in [6.45, 7) is -0.439. The second-order valence-electron chi connectivity index (χ2n) is 12.7. The molecule has 1 aliphatic heterocycles. The number of halogens is 3. The van der Waals surface area contributed by atoms with E-state index in [-0.39, 0.29) is 56.5 Å². The normalized spacial score (nSPS) is 24.0. The summed E-state index contributed by atoms with van der Waals surface area (Å²) in [6.07, 6.45) is 0.866. The molecule has 3 aliphatic rings. The van der Waals surface area contributed by atoms with Gasteiger partial charge in [-0.15, -0.1) is 0 Å². The van der Waals surface area contributed by atoms with Crippen LogP contribution in [-0.4, -0.2) is 44.8 Å². The summed E-state index contributed by atoms with van der Waals surface area (Å²) in [7, 11) is 0. The molecule has 0 spiro atoms. The molecule has 7 nitrogen and oxygen atoms in total. The molecular formula is C39H27Br2ClN2O5. The summed E-state index contributed by atoms with van der Waals surface area (Å²) in [6, 6.07) is 30.7. The molecule has 1 saturated heterocycles. The minimum Gasteiger partial charge on any atom is -0.454 e. The number of carbonyl (C=O) groups is 4. The maximum Gasteiger partial charge on any atom is 0.339 e. The van der Waals surface area contributed by atoms with Crippen LogP contribution < -0.4 is 4.90 Å². The third kappa shape index (κ3) is 5.52. The molecule has 0 radical (unpaired) electrons. The van der Waals surface area contributed by atoms with Gasteiger partial charge in [-0.3, -0.25) is 19.3 Å². The molecule has 0 N–H and O–H groups in total. The number of imide groups is 1. The Hall–Kier alpha value is -4.18. The first kappa shape index (κ1) is 32.0. The summed E-state index contributed by atoms with van der Waals surface area (Å²) in [5.41, 5.74) is 4.83. The average molecular weight is 799 g/mol. The van der Waals surface area contributed by atoms with Crippen molar-refractivity contribution in [1.29, 1.82) is 0 Å². The maximum absolute atomic E-state index is 13.5. The zero-order chi connectivity index (χ0) is 34.0. The van der Waals surface area contributed by atoms with Crippen molar-refractivity contribution in [1.82, 2.24) is 4.98 Å². The summed E-state index contributed by atoms with van der Waals surface area (Å²) in [4.78, 5) is 60.0. The lowest BCUT2D eigenvalue weighted by Crippen LogP contribution is -2.37. The number of ketones is 1. The fourth-order valence-corrected chi connectivity index (χ4v) is 9.72. The number of rotatable bonds is 7. The van der Waals surface area contributed by atoms with Crippen LogP contribution in [0, 0.1) is 23.7 Å². The lowest BCUT2D eigenvalue weighted by atomic mass is 9.81. The molecule has 2 amide bonds. The van der Waals surface area contributed by atoms with Gasteiger partial charge in [0.05, 0.1) is 34.3 Å². The molecule has 244 valence electrons. The number of hydrogen-bond acceptors (Lipinski definition) is 6. The molecule has 2 saturated carbocycles. The highest BCUT2D eigenvalue weighted by atomic mass is 79.9. The predicted octanol–water partition coefficient (Wildman–Crippen LogP) is 8.54. The number of anilines is 1. The maximum atomic E-state index is 13.5. The van der Waals surface area contributed by atoms with E-state index in [0.717, 1.165) is 17.5 Å². The van der Waals surface area contributed by atoms with Gasteiger partial charge in [-0.2, -0.15) is 0 Å². The molecule has 49 heavy (non-hydrogen) atoms. The topological polar surface area (TPSA) is 93.6 Å². The lowest BCUT2D eigenvalue weighted by molar-refractivity contribution is -0.123. The number of pyridine rings is 1. The van der Waals surface area contributed by atoms with E-state index in [4.69, 9.17) is 21.3 Å². The zero-order valence-electron chi connectivity index (χ0n) is 25.8. The number of fused-ring (bicyclic) bond motifs is 6. The van der Waals surface area contributed by atoms with Crippen LogP contribution in [0.4, 0.5) is 5.69 Å². The summed E-state index contributed by atoms with van der Waals surface area (Å²) < 4.78 is 5.53. The van der Waals surface area contributed by atoms with Crippen LogP contribution >= 0.6 is 43.5 Å². The highest BCUT2D eigenvalue weighted by molar-refractivity contribution is 9.12. The van der Waals surface area contributed by atoms with Gasteiger partial charge in [0.2, 0.25) is 11.8 Å². The molecule has 10 heteroatoms. The smallest absolute Gasteiger partial charge is 0.339 e. The van der Waals surface area contributed by atoms with E-state index in [1.807, 2.05) is 42.5 Å². The summed E-state index contributed by atoms with van der Waals surface area (Å²) >= 11 is 13.8. The Labute approximate surface area is 303 Å². The van der Waals surface area contributed by atoms with Crippen molar-refractivity contribution in [3.8, 4) is 22.4 Å². The molecule has 6 unspecified atom stereocenters. The molecule has 6 atom stereocenters. The Morgan fingerprint density at radius 2 is 1.39 bits per heavy atom. The van der Waals surface area contributed by atoms with Crippen molar-refractivity contribution in [3.63, 3.8) is 0 Å². The number of amides is 2. The van der Waals surface area contributed by atoms with Crippen LogP contribution in [0.3, 0.4) is 0 Å². The highest BCUT2D eigenvalue weighted by Gasteiger charge is 2.66. The fourth-order valence-electron chi connectivity index (χ4n) is 7.67. The van der Waals surface area contributed by atoms with Gasteiger partial charge in [0.25, 0.3) is 0 Å². The standard InChI is InChI=1S/C39H27Br2ClN2O5/c40-35-28-17-29(36(35)41)34-33(28)37(46)44(38(34)47)25-13-10-22(11-14-25)31-18-27(26-16-24(42)12-15-30(26)43-31)39(48)49-19-32(45)23-8-6-21(7-9-23)20-4-2-1-3-5-20/h1-16,18,28-29,33-36H,17,19H2. The predicted molar refractivity (Wildman–Crippen MR) is 195 cm³/mol. The van der Waals surface area contributed by atoms with Crippen LogP contribution in [0.25, 0.3) is 33.3 Å². The number of nitrogens with zero attached hydrogens (tertiary/aromatic N) is 2. The van der Waals surface area contributed by atoms with E-state index in [1.165, 1.54) is 4.90 Å². The van der Waals surface area contributed by atoms with Crippen molar-refractivity contribution in [2.24, 2.45) is 23.7 Å². The van der Waals surface area contributed by atoms with Gasteiger partial charge in [-0.05, 0) is 65.8 Å². The van der Waals surface area contributed by atoms with Gasteiger partial charge in [-0.1, -0.05) is 110 Å². The monoisotopic (exact) mass is 796 g/mol. The van der Waals surface area contributed by atoms with E-state index in [0.29, 0.717) is 38.4 Å². The molecule has 8 rings (SSSR count). The first-order chi connectivity index (χ1) is 23.7. The number of carbonyl (C=O) groups excluding carboxylic acids is 4. The molecule has 2 heterocycles. The van der Waals surface area contributed by atoms with Crippen molar-refractivity contribution in [2.45, 2.75) is 16.1 Å². The lowest BCUT2D eigenvalue weighted by Gasteiger charge is -2.28. The molecule has 4 aromatic carbocycles. The van der Waals surface area contributed by atoms with Crippen LogP contribution in [0.1, 0.15) is 27.1 Å². The number of benzene rings is 4. The molecular weight excluding hydrogens is 772 g/mol. The van der Waals surface area contributed by atoms with Crippen LogP contribution in [-0.2, 0) is 14.3 Å². The van der Waals surface area contributed by atoms with Gasteiger partial charge in [0, 0.05) is 31.2 Å². The van der Waals surface area contributed by atoms with Gasteiger partial charge >= 0.3 is 5.97 Å². The van der Waals surface area contributed by atoms with Gasteiger partial charge < -0.3 is 4.74 Å². The second-order valence-corrected chi connectivity index (χ2v) is 15.3. The Kier molecular flexibility index (Phi) is 8.25. The third-order valence-corrected chi connectivity index (χ3v) is 13.5. The largest absolute Gasteiger partial charge is 0.454 e. The van der Waals surface area contributed by atoms with Crippen molar-refractivity contribution < 1.29 is 23.9 Å². The molecule has 2 aliphatic carbocycles. The van der Waals surface area contributed by atoms with Crippen molar-refractivity contribution >= 4 is 83.6 Å². The molecule has 2 bridgehead atoms. The van der Waals surface area contributed by atoms with Crippen molar-refractivity contribution in [2.75, 3.05) is 11.5 Å². The van der Waals surface area contributed by atoms with Gasteiger partial charge in [-0.25, -0.2) is 9.78 Å². The fraction of sp³-hybridized carbons (Fsp3) is 0.205. The van der Waals surface area contributed by atoms with Crippen LogP contribution in [0.15, 0.2) is 103 Å². The minimum absolute atomic E-state index is 0.129. The van der Waals surface area contributed by atoms with E-state index in [2.05, 4.69) is 31.9 Å². The highest BCUT2D eigenvalue weighted by Crippen LogP contribution is 2.60. The van der Waals surface area contributed by atoms with Crippen LogP contribution in [0.5, 0.6) is 0 Å².